The molecule has 2 rings (SSSR count). The highest BCUT2D eigenvalue weighted by Crippen LogP contribution is 2.22. The largest absolute Gasteiger partial charge is 0.361 e. The van der Waals surface area contributed by atoms with Gasteiger partial charge in [0.25, 0.3) is 0 Å². The first-order chi connectivity index (χ1) is 11.5. The molecule has 0 aliphatic heterocycles. The SMILES string of the molecule is CCNC(=NCc1ccc(Cl)cc1)NCC(C)c1c(C)noc1C.I. The van der Waals surface area contributed by atoms with Crippen molar-refractivity contribution >= 4 is 41.5 Å². The molecule has 2 aromatic rings. The van der Waals surface area contributed by atoms with Crippen molar-refractivity contribution in [2.75, 3.05) is 13.1 Å². The average Bonchev–Trinajstić information content (AvgIpc) is 2.90. The Balaban J connectivity index is 0.00000312. The topological polar surface area (TPSA) is 62.5 Å². The third-order valence-electron chi connectivity index (χ3n) is 3.83. The van der Waals surface area contributed by atoms with E-state index in [-0.39, 0.29) is 29.9 Å². The zero-order valence-corrected chi connectivity index (χ0v) is 18.2. The van der Waals surface area contributed by atoms with Gasteiger partial charge in [0.1, 0.15) is 5.76 Å². The molecule has 0 saturated heterocycles. The van der Waals surface area contributed by atoms with Gasteiger partial charge in [-0.15, -0.1) is 24.0 Å². The number of nitrogens with one attached hydrogen (secondary N) is 2. The summed E-state index contributed by atoms with van der Waals surface area (Å²) in [6.45, 7) is 10.3. The van der Waals surface area contributed by atoms with E-state index in [4.69, 9.17) is 16.1 Å². The van der Waals surface area contributed by atoms with Crippen LogP contribution < -0.4 is 10.6 Å². The molecule has 0 aliphatic carbocycles. The van der Waals surface area contributed by atoms with Gasteiger partial charge >= 0.3 is 0 Å². The van der Waals surface area contributed by atoms with Crippen molar-refractivity contribution in [2.24, 2.45) is 4.99 Å². The summed E-state index contributed by atoms with van der Waals surface area (Å²) in [5.74, 6) is 1.96. The van der Waals surface area contributed by atoms with E-state index in [9.17, 15) is 0 Å². The molecule has 7 heteroatoms. The van der Waals surface area contributed by atoms with E-state index < -0.39 is 0 Å². The predicted octanol–water partition coefficient (Wildman–Crippen LogP) is 4.42. The summed E-state index contributed by atoms with van der Waals surface area (Å²) in [6, 6.07) is 7.74. The highest BCUT2D eigenvalue weighted by Gasteiger charge is 2.16. The molecular weight excluding hydrogens is 451 g/mol. The van der Waals surface area contributed by atoms with Crippen molar-refractivity contribution in [3.8, 4) is 0 Å². The zero-order chi connectivity index (χ0) is 17.5. The Kier molecular flexibility index (Phi) is 9.27. The first-order valence-electron chi connectivity index (χ1n) is 8.20. The summed E-state index contributed by atoms with van der Waals surface area (Å²) in [5.41, 5.74) is 3.23. The molecule has 0 spiro atoms. The predicted molar refractivity (Wildman–Crippen MR) is 114 cm³/mol. The fraction of sp³-hybridized carbons (Fsp3) is 0.444. The normalized spacial score (nSPS) is 12.4. The minimum atomic E-state index is 0. The minimum absolute atomic E-state index is 0. The second-order valence-corrected chi connectivity index (χ2v) is 6.28. The fourth-order valence-corrected chi connectivity index (χ4v) is 2.77. The van der Waals surface area contributed by atoms with Gasteiger partial charge in [-0.2, -0.15) is 0 Å². The number of guanidine groups is 1. The molecule has 0 saturated carbocycles. The summed E-state index contributed by atoms with van der Waals surface area (Å²) in [5, 5.41) is 11.4. The molecule has 0 aliphatic rings. The van der Waals surface area contributed by atoms with Gasteiger partial charge in [0.05, 0.1) is 12.2 Å². The maximum atomic E-state index is 5.91. The Morgan fingerprint density at radius 2 is 1.92 bits per heavy atom. The highest BCUT2D eigenvalue weighted by molar-refractivity contribution is 14.0. The number of hydrogen-bond acceptors (Lipinski definition) is 3. The number of halogens is 2. The zero-order valence-electron chi connectivity index (χ0n) is 15.1. The van der Waals surface area contributed by atoms with Gasteiger partial charge < -0.3 is 15.2 Å². The van der Waals surface area contributed by atoms with Crippen LogP contribution in [0.25, 0.3) is 0 Å². The minimum Gasteiger partial charge on any atom is -0.361 e. The van der Waals surface area contributed by atoms with Crippen molar-refractivity contribution in [1.29, 1.82) is 0 Å². The van der Waals surface area contributed by atoms with E-state index in [2.05, 4.69) is 34.6 Å². The van der Waals surface area contributed by atoms with Crippen LogP contribution in [0.4, 0.5) is 0 Å². The molecule has 1 atom stereocenters. The number of nitrogens with zero attached hydrogens (tertiary/aromatic N) is 2. The van der Waals surface area contributed by atoms with Crippen LogP contribution in [0.15, 0.2) is 33.8 Å². The lowest BCUT2D eigenvalue weighted by molar-refractivity contribution is 0.391. The second-order valence-electron chi connectivity index (χ2n) is 5.84. The molecule has 1 unspecified atom stereocenters. The van der Waals surface area contributed by atoms with Crippen LogP contribution in [0.3, 0.4) is 0 Å². The van der Waals surface area contributed by atoms with Crippen molar-refractivity contribution in [1.82, 2.24) is 15.8 Å². The Morgan fingerprint density at radius 1 is 1.24 bits per heavy atom. The van der Waals surface area contributed by atoms with Crippen LogP contribution in [-0.4, -0.2) is 24.2 Å². The first-order valence-corrected chi connectivity index (χ1v) is 8.58. The summed E-state index contributed by atoms with van der Waals surface area (Å²) >= 11 is 5.91. The molecule has 1 heterocycles. The lowest BCUT2D eigenvalue weighted by Gasteiger charge is -2.16. The number of aryl methyl sites for hydroxylation is 2. The average molecular weight is 477 g/mol. The number of aromatic nitrogens is 1. The molecule has 25 heavy (non-hydrogen) atoms. The van der Waals surface area contributed by atoms with Gasteiger partial charge in [0.2, 0.25) is 0 Å². The molecule has 0 amide bonds. The van der Waals surface area contributed by atoms with Crippen molar-refractivity contribution in [3.63, 3.8) is 0 Å². The summed E-state index contributed by atoms with van der Waals surface area (Å²) in [4.78, 5) is 4.62. The molecule has 5 nitrogen and oxygen atoms in total. The van der Waals surface area contributed by atoms with Gasteiger partial charge in [-0.1, -0.05) is 35.8 Å². The Bertz CT molecular complexity index is 665. The summed E-state index contributed by atoms with van der Waals surface area (Å²) in [7, 11) is 0. The van der Waals surface area contributed by atoms with Gasteiger partial charge in [0.15, 0.2) is 5.96 Å². The Hall–Kier alpha value is -1.28. The van der Waals surface area contributed by atoms with E-state index in [1.807, 2.05) is 38.1 Å². The summed E-state index contributed by atoms with van der Waals surface area (Å²) < 4.78 is 5.25. The summed E-state index contributed by atoms with van der Waals surface area (Å²) in [6.07, 6.45) is 0. The van der Waals surface area contributed by atoms with E-state index in [0.29, 0.717) is 6.54 Å². The molecule has 0 fully saturated rings. The molecule has 138 valence electrons. The molecule has 1 aromatic carbocycles. The maximum absolute atomic E-state index is 5.91. The molecule has 2 N–H and O–H groups in total. The van der Waals surface area contributed by atoms with Crippen LogP contribution in [-0.2, 0) is 6.54 Å². The van der Waals surface area contributed by atoms with Crippen LogP contribution in [0.5, 0.6) is 0 Å². The highest BCUT2D eigenvalue weighted by atomic mass is 127. The molecular formula is C18H26ClIN4O. The quantitative estimate of drug-likeness (QED) is 0.368. The van der Waals surface area contributed by atoms with E-state index >= 15 is 0 Å². The van der Waals surface area contributed by atoms with E-state index in [1.54, 1.807) is 0 Å². The van der Waals surface area contributed by atoms with E-state index in [0.717, 1.165) is 46.7 Å². The first kappa shape index (κ1) is 21.8. The molecule has 1 aromatic heterocycles. The fourth-order valence-electron chi connectivity index (χ4n) is 2.65. The maximum Gasteiger partial charge on any atom is 0.191 e. The van der Waals surface area contributed by atoms with Crippen LogP contribution in [0, 0.1) is 13.8 Å². The second kappa shape index (κ2) is 10.7. The molecule has 0 bridgehead atoms. The van der Waals surface area contributed by atoms with Crippen molar-refractivity contribution in [3.05, 3.63) is 51.9 Å². The van der Waals surface area contributed by atoms with Gasteiger partial charge in [-0.25, -0.2) is 4.99 Å². The third kappa shape index (κ3) is 6.51. The van der Waals surface area contributed by atoms with Gasteiger partial charge in [-0.3, -0.25) is 0 Å². The lowest BCUT2D eigenvalue weighted by Crippen LogP contribution is -2.39. The van der Waals surface area contributed by atoms with Crippen molar-refractivity contribution < 1.29 is 4.52 Å². The van der Waals surface area contributed by atoms with Crippen LogP contribution >= 0.6 is 35.6 Å². The van der Waals surface area contributed by atoms with Gasteiger partial charge in [-0.05, 0) is 38.5 Å². The van der Waals surface area contributed by atoms with Gasteiger partial charge in [0, 0.05) is 29.6 Å². The Labute approximate surface area is 171 Å². The standard InChI is InChI=1S/C18H25ClN4O.HI/c1-5-20-18(22-11-15-6-8-16(19)9-7-15)21-10-12(2)17-13(3)23-24-14(17)4;/h6-9,12H,5,10-11H2,1-4H3,(H2,20,21,22);1H. The van der Waals surface area contributed by atoms with Crippen LogP contribution in [0.1, 0.15) is 42.3 Å². The Morgan fingerprint density at radius 3 is 2.48 bits per heavy atom. The monoisotopic (exact) mass is 476 g/mol. The number of benzene rings is 1. The van der Waals surface area contributed by atoms with Crippen LogP contribution in [0.2, 0.25) is 5.02 Å². The molecule has 0 radical (unpaired) electrons. The third-order valence-corrected chi connectivity index (χ3v) is 4.09. The lowest BCUT2D eigenvalue weighted by atomic mass is 10.00. The number of rotatable bonds is 6. The van der Waals surface area contributed by atoms with E-state index in [1.165, 1.54) is 0 Å². The van der Waals surface area contributed by atoms with Crippen molar-refractivity contribution in [2.45, 2.75) is 40.2 Å². The number of aliphatic imine (C=N–C) groups is 1. The number of hydrogen-bond donors (Lipinski definition) is 2. The smallest absolute Gasteiger partial charge is 0.191 e.